The Balaban J connectivity index is 2.05. The molecule has 0 amide bonds. The van der Waals surface area contributed by atoms with Gasteiger partial charge in [0.1, 0.15) is 18.8 Å². The van der Waals surface area contributed by atoms with Crippen molar-refractivity contribution in [1.82, 2.24) is 0 Å². The number of nitrogen functional groups attached to an aromatic ring is 1. The smallest absolute Gasteiger partial charge is 0.117 e. The number of ether oxygens (including phenoxy) is 2. The first kappa shape index (κ1) is 17.6. The van der Waals surface area contributed by atoms with Gasteiger partial charge in [-0.2, -0.15) is 0 Å². The quantitative estimate of drug-likeness (QED) is 0.262. The lowest BCUT2D eigenvalue weighted by atomic mass is 10.2. The van der Waals surface area contributed by atoms with Crippen LogP contribution in [0, 0.1) is 0 Å². The lowest BCUT2D eigenvalue weighted by Crippen LogP contribution is -3.10. The molecule has 120 valence electrons. The molecule has 0 aliphatic rings. The predicted octanol–water partition coefficient (Wildman–Crippen LogP) is -0.0459. The molecule has 1 atom stereocenters. The Morgan fingerprint density at radius 3 is 2.62 bits per heavy atom. The van der Waals surface area contributed by atoms with Gasteiger partial charge in [-0.3, -0.25) is 0 Å². The second-order valence-corrected chi connectivity index (χ2v) is 4.96. The average Bonchev–Trinajstić information content (AvgIpc) is 2.46. The van der Waals surface area contributed by atoms with Crippen LogP contribution in [0.25, 0.3) is 0 Å². The summed E-state index contributed by atoms with van der Waals surface area (Å²) in [6, 6.07) is 4.86. The molecule has 0 spiro atoms. The molecule has 1 aromatic carbocycles. The van der Waals surface area contributed by atoms with Crippen molar-refractivity contribution < 1.29 is 19.5 Å². The molecule has 1 aromatic rings. The molecule has 0 saturated heterocycles. The number of likely N-dealkylation sites (N-methyl/N-ethyl adjacent to an activating group) is 1. The second-order valence-electron chi connectivity index (χ2n) is 4.96. The van der Waals surface area contributed by atoms with Crippen molar-refractivity contribution in [3.05, 3.63) is 18.2 Å². The lowest BCUT2D eigenvalue weighted by Gasteiger charge is -2.14. The van der Waals surface area contributed by atoms with Gasteiger partial charge in [-0.05, 0) is 19.1 Å². The number of nitrogens with two attached hydrogens (primary N) is 1. The summed E-state index contributed by atoms with van der Waals surface area (Å²) < 4.78 is 10.9. The summed E-state index contributed by atoms with van der Waals surface area (Å²) in [4.78, 5) is 1.40. The molecule has 0 aliphatic carbocycles. The van der Waals surface area contributed by atoms with Crippen LogP contribution < -0.4 is 16.0 Å². The van der Waals surface area contributed by atoms with E-state index in [1.54, 1.807) is 18.2 Å². The van der Waals surface area contributed by atoms with Gasteiger partial charge in [-0.15, -0.1) is 0 Å². The van der Waals surface area contributed by atoms with E-state index in [9.17, 15) is 5.11 Å². The van der Waals surface area contributed by atoms with Gasteiger partial charge < -0.3 is 30.5 Å². The van der Waals surface area contributed by atoms with Crippen LogP contribution in [0.3, 0.4) is 0 Å². The zero-order chi connectivity index (χ0) is 15.5. The van der Waals surface area contributed by atoms with Gasteiger partial charge in [-0.1, -0.05) is 0 Å². The van der Waals surface area contributed by atoms with Crippen molar-refractivity contribution in [1.29, 1.82) is 0 Å². The first-order chi connectivity index (χ1) is 10.1. The van der Waals surface area contributed by atoms with Crippen molar-refractivity contribution in [2.24, 2.45) is 0 Å². The van der Waals surface area contributed by atoms with Crippen LogP contribution in [0.5, 0.6) is 5.75 Å². The van der Waals surface area contributed by atoms with Gasteiger partial charge in [0.25, 0.3) is 0 Å². The highest BCUT2D eigenvalue weighted by Gasteiger charge is 2.02. The number of aromatic hydroxyl groups is 1. The Bertz CT molecular complexity index is 402. The van der Waals surface area contributed by atoms with Gasteiger partial charge in [-0.25, -0.2) is 0 Å². The highest BCUT2D eigenvalue weighted by atomic mass is 16.5. The third-order valence-corrected chi connectivity index (χ3v) is 3.15. The fourth-order valence-electron chi connectivity index (χ4n) is 1.82. The molecule has 1 rings (SSSR count). The Kier molecular flexibility index (Phi) is 8.57. The van der Waals surface area contributed by atoms with Crippen LogP contribution in [-0.4, -0.2) is 58.2 Å². The largest absolute Gasteiger partial charge is 0.508 e. The zero-order valence-electron chi connectivity index (χ0n) is 13.0. The Morgan fingerprint density at radius 2 is 1.90 bits per heavy atom. The molecule has 0 bridgehead atoms. The molecule has 0 heterocycles. The van der Waals surface area contributed by atoms with E-state index in [0.717, 1.165) is 38.6 Å². The maximum atomic E-state index is 9.39. The summed E-state index contributed by atoms with van der Waals surface area (Å²) in [6.45, 7) is 7.50. The van der Waals surface area contributed by atoms with E-state index in [4.69, 9.17) is 15.2 Å². The minimum atomic E-state index is 0.201. The highest BCUT2D eigenvalue weighted by molar-refractivity contribution is 5.67. The van der Waals surface area contributed by atoms with Crippen molar-refractivity contribution in [3.63, 3.8) is 0 Å². The first-order valence-electron chi connectivity index (χ1n) is 7.42. The van der Waals surface area contributed by atoms with E-state index in [2.05, 4.69) is 12.4 Å². The third kappa shape index (κ3) is 7.75. The Morgan fingerprint density at radius 1 is 1.19 bits per heavy atom. The van der Waals surface area contributed by atoms with Crippen molar-refractivity contribution in [2.45, 2.75) is 6.92 Å². The monoisotopic (exact) mass is 298 g/mol. The SMILES string of the molecule is CCOCC[NH+](C)CCOCCNc1cc(O)ccc1N. The number of quaternary nitrogens is 1. The maximum absolute atomic E-state index is 9.39. The van der Waals surface area contributed by atoms with Crippen LogP contribution >= 0.6 is 0 Å². The summed E-state index contributed by atoms with van der Waals surface area (Å²) >= 11 is 0. The molecular formula is C15H28N3O3+. The number of benzene rings is 1. The molecule has 0 aromatic heterocycles. The summed E-state index contributed by atoms with van der Waals surface area (Å²) in [7, 11) is 2.13. The van der Waals surface area contributed by atoms with Gasteiger partial charge in [0.15, 0.2) is 0 Å². The number of anilines is 2. The molecule has 1 unspecified atom stereocenters. The van der Waals surface area contributed by atoms with E-state index in [0.29, 0.717) is 18.8 Å². The number of phenols is 1. The number of phenolic OH excluding ortho intramolecular Hbond substituents is 1. The molecule has 0 aliphatic heterocycles. The van der Waals surface area contributed by atoms with Crippen LogP contribution in [0.2, 0.25) is 0 Å². The minimum Gasteiger partial charge on any atom is -0.508 e. The summed E-state index contributed by atoms with van der Waals surface area (Å²) in [5.74, 6) is 0.201. The maximum Gasteiger partial charge on any atom is 0.117 e. The molecule has 0 fully saturated rings. The van der Waals surface area contributed by atoms with Crippen LogP contribution in [0.15, 0.2) is 18.2 Å². The molecule has 5 N–H and O–H groups in total. The van der Waals surface area contributed by atoms with Crippen molar-refractivity contribution in [2.75, 3.05) is 64.2 Å². The lowest BCUT2D eigenvalue weighted by molar-refractivity contribution is -0.880. The van der Waals surface area contributed by atoms with Crippen molar-refractivity contribution in [3.8, 4) is 5.75 Å². The normalized spacial score (nSPS) is 12.3. The number of hydrogen-bond acceptors (Lipinski definition) is 5. The van der Waals surface area contributed by atoms with E-state index >= 15 is 0 Å². The van der Waals surface area contributed by atoms with Crippen molar-refractivity contribution >= 4 is 11.4 Å². The van der Waals surface area contributed by atoms with Gasteiger partial charge in [0.05, 0.1) is 38.2 Å². The van der Waals surface area contributed by atoms with Gasteiger partial charge in [0, 0.05) is 19.2 Å². The first-order valence-corrected chi connectivity index (χ1v) is 7.42. The molecule has 6 heteroatoms. The average molecular weight is 298 g/mol. The molecule has 0 saturated carbocycles. The van der Waals surface area contributed by atoms with Crippen LogP contribution in [-0.2, 0) is 9.47 Å². The second kappa shape index (κ2) is 10.3. The number of nitrogens with one attached hydrogen (secondary N) is 2. The van der Waals surface area contributed by atoms with E-state index in [1.807, 2.05) is 6.92 Å². The van der Waals surface area contributed by atoms with E-state index in [-0.39, 0.29) is 5.75 Å². The fourth-order valence-corrected chi connectivity index (χ4v) is 1.82. The topological polar surface area (TPSA) is 81.2 Å². The third-order valence-electron chi connectivity index (χ3n) is 3.15. The van der Waals surface area contributed by atoms with Gasteiger partial charge >= 0.3 is 0 Å². The molecule has 6 nitrogen and oxygen atoms in total. The summed E-state index contributed by atoms with van der Waals surface area (Å²) in [6.07, 6.45) is 0. The Hall–Kier alpha value is -1.50. The standard InChI is InChI=1S/C15H27N3O3/c1-3-20-10-7-18(2)8-11-21-9-6-17-15-12-13(19)4-5-14(15)16/h4-5,12,17,19H,3,6-11,16H2,1-2H3/p+1. The zero-order valence-corrected chi connectivity index (χ0v) is 13.0. The summed E-state index contributed by atoms with van der Waals surface area (Å²) in [5.41, 5.74) is 7.15. The molecule has 0 radical (unpaired) electrons. The van der Waals surface area contributed by atoms with Crippen LogP contribution in [0.4, 0.5) is 11.4 Å². The fraction of sp³-hybridized carbons (Fsp3) is 0.600. The van der Waals surface area contributed by atoms with E-state index in [1.165, 1.54) is 4.90 Å². The molecule has 21 heavy (non-hydrogen) atoms. The minimum absolute atomic E-state index is 0.201. The number of rotatable bonds is 11. The summed E-state index contributed by atoms with van der Waals surface area (Å²) in [5, 5.41) is 12.5. The molecular weight excluding hydrogens is 270 g/mol. The van der Waals surface area contributed by atoms with Gasteiger partial charge in [0.2, 0.25) is 0 Å². The Labute approximate surface area is 126 Å². The van der Waals surface area contributed by atoms with Crippen LogP contribution in [0.1, 0.15) is 6.92 Å². The predicted molar refractivity (Wildman–Crippen MR) is 84.9 cm³/mol. The highest BCUT2D eigenvalue weighted by Crippen LogP contribution is 2.22. The van der Waals surface area contributed by atoms with E-state index < -0.39 is 0 Å². The number of hydrogen-bond donors (Lipinski definition) is 4.